The van der Waals surface area contributed by atoms with Gasteiger partial charge in [0.05, 0.1) is 13.0 Å². The molecule has 1 fully saturated rings. The maximum absolute atomic E-state index is 12.2. The van der Waals surface area contributed by atoms with Gasteiger partial charge in [-0.25, -0.2) is 0 Å². The number of aliphatic hydroxyl groups excluding tert-OH is 1. The van der Waals surface area contributed by atoms with Crippen LogP contribution in [0, 0.1) is 11.3 Å². The first-order valence-corrected chi connectivity index (χ1v) is 6.73. The van der Waals surface area contributed by atoms with Gasteiger partial charge < -0.3 is 14.7 Å². The fourth-order valence-electron chi connectivity index (χ4n) is 2.14. The predicted octanol–water partition coefficient (Wildman–Crippen LogP) is 1.11. The molecule has 5 heteroatoms. The van der Waals surface area contributed by atoms with Crippen LogP contribution in [-0.2, 0) is 11.2 Å². The largest absolute Gasteiger partial charge is 0.479 e. The Labute approximate surface area is 118 Å². The molecule has 0 spiro atoms. The second-order valence-electron chi connectivity index (χ2n) is 4.81. The van der Waals surface area contributed by atoms with Gasteiger partial charge in [0, 0.05) is 12.6 Å². The molecule has 1 N–H and O–H groups in total. The highest BCUT2D eigenvalue weighted by atomic mass is 16.5. The van der Waals surface area contributed by atoms with Crippen LogP contribution in [0.15, 0.2) is 24.3 Å². The van der Waals surface area contributed by atoms with Gasteiger partial charge in [0.2, 0.25) is 5.91 Å². The van der Waals surface area contributed by atoms with Crippen LogP contribution in [-0.4, -0.2) is 41.7 Å². The molecule has 1 saturated carbocycles. The Bertz CT molecular complexity index is 506. The number of hydrogen-bond donors (Lipinski definition) is 1. The summed E-state index contributed by atoms with van der Waals surface area (Å²) in [6, 6.07) is 9.42. The van der Waals surface area contributed by atoms with E-state index in [4.69, 9.17) is 15.1 Å². The number of amides is 1. The standard InChI is InChI=1S/C15H18N2O3/c16-6-9-20-14-3-1-2-12(10-14)11-15(19)17(7-8-18)13-4-5-13/h1-3,10,13,18H,4-5,7-9,11H2. The lowest BCUT2D eigenvalue weighted by Crippen LogP contribution is -2.36. The molecular formula is C15H18N2O3. The maximum atomic E-state index is 12.2. The highest BCUT2D eigenvalue weighted by molar-refractivity contribution is 5.79. The fraction of sp³-hybridized carbons (Fsp3) is 0.467. The quantitative estimate of drug-likeness (QED) is 0.808. The van der Waals surface area contributed by atoms with Gasteiger partial charge in [0.15, 0.2) is 6.61 Å². The minimum Gasteiger partial charge on any atom is -0.479 e. The summed E-state index contributed by atoms with van der Waals surface area (Å²) < 4.78 is 5.22. The Morgan fingerprint density at radius 1 is 1.50 bits per heavy atom. The summed E-state index contributed by atoms with van der Waals surface area (Å²) in [6.07, 6.45) is 2.34. The molecule has 0 unspecified atom stereocenters. The molecule has 0 aliphatic heterocycles. The molecule has 0 radical (unpaired) electrons. The summed E-state index contributed by atoms with van der Waals surface area (Å²) in [5, 5.41) is 17.5. The molecule has 1 aromatic carbocycles. The molecule has 0 saturated heterocycles. The summed E-state index contributed by atoms with van der Waals surface area (Å²) in [5.41, 5.74) is 0.856. The predicted molar refractivity (Wildman–Crippen MR) is 73.1 cm³/mol. The molecule has 0 atom stereocenters. The normalized spacial score (nSPS) is 13.6. The summed E-state index contributed by atoms with van der Waals surface area (Å²) in [6.45, 7) is 0.387. The maximum Gasteiger partial charge on any atom is 0.227 e. The molecule has 20 heavy (non-hydrogen) atoms. The number of aliphatic hydroxyl groups is 1. The number of hydrogen-bond acceptors (Lipinski definition) is 4. The number of nitrogens with zero attached hydrogens (tertiary/aromatic N) is 2. The second kappa shape index (κ2) is 6.92. The van der Waals surface area contributed by atoms with Gasteiger partial charge in [-0.15, -0.1) is 0 Å². The Hall–Kier alpha value is -2.06. The number of carbonyl (C=O) groups is 1. The Kier molecular flexibility index (Phi) is 4.97. The second-order valence-corrected chi connectivity index (χ2v) is 4.81. The van der Waals surface area contributed by atoms with Crippen LogP contribution in [0.25, 0.3) is 0 Å². The monoisotopic (exact) mass is 274 g/mol. The van der Waals surface area contributed by atoms with Crippen LogP contribution >= 0.6 is 0 Å². The first-order valence-electron chi connectivity index (χ1n) is 6.73. The third-order valence-electron chi connectivity index (χ3n) is 3.21. The van der Waals surface area contributed by atoms with Gasteiger partial charge in [-0.2, -0.15) is 5.26 Å². The summed E-state index contributed by atoms with van der Waals surface area (Å²) >= 11 is 0. The van der Waals surface area contributed by atoms with Gasteiger partial charge in [-0.1, -0.05) is 12.1 Å². The van der Waals surface area contributed by atoms with E-state index in [2.05, 4.69) is 0 Å². The van der Waals surface area contributed by atoms with E-state index in [1.54, 1.807) is 17.0 Å². The zero-order valence-electron chi connectivity index (χ0n) is 11.3. The summed E-state index contributed by atoms with van der Waals surface area (Å²) in [7, 11) is 0. The van der Waals surface area contributed by atoms with Crippen LogP contribution in [0.1, 0.15) is 18.4 Å². The number of carbonyl (C=O) groups excluding carboxylic acids is 1. The van der Waals surface area contributed by atoms with Crippen LogP contribution in [0.4, 0.5) is 0 Å². The highest BCUT2D eigenvalue weighted by Crippen LogP contribution is 2.27. The third-order valence-corrected chi connectivity index (χ3v) is 3.21. The number of nitriles is 1. The first-order chi connectivity index (χ1) is 9.74. The van der Waals surface area contributed by atoms with Crippen molar-refractivity contribution in [3.8, 4) is 11.8 Å². The van der Waals surface area contributed by atoms with Crippen molar-refractivity contribution >= 4 is 5.91 Å². The van der Waals surface area contributed by atoms with Gasteiger partial charge in [0.1, 0.15) is 11.8 Å². The molecule has 5 nitrogen and oxygen atoms in total. The topological polar surface area (TPSA) is 73.6 Å². The molecule has 0 heterocycles. The van der Waals surface area contributed by atoms with Crippen molar-refractivity contribution in [2.24, 2.45) is 0 Å². The molecule has 1 amide bonds. The minimum absolute atomic E-state index is 0.00386. The molecule has 2 rings (SSSR count). The molecule has 1 aliphatic rings. The van der Waals surface area contributed by atoms with Crippen molar-refractivity contribution in [3.63, 3.8) is 0 Å². The van der Waals surface area contributed by atoms with E-state index in [-0.39, 0.29) is 19.1 Å². The average molecular weight is 274 g/mol. The molecule has 106 valence electrons. The number of rotatable bonds is 7. The molecule has 0 aromatic heterocycles. The molecule has 0 bridgehead atoms. The average Bonchev–Trinajstić information content (AvgIpc) is 3.27. The third kappa shape index (κ3) is 3.97. The molecular weight excluding hydrogens is 256 g/mol. The van der Waals surface area contributed by atoms with Gasteiger partial charge in [0.25, 0.3) is 0 Å². The SMILES string of the molecule is N#CCOc1cccc(CC(=O)N(CCO)C2CC2)c1. The Balaban J connectivity index is 1.97. The van der Waals surface area contributed by atoms with E-state index in [0.29, 0.717) is 24.8 Å². The van der Waals surface area contributed by atoms with Crippen LogP contribution in [0.2, 0.25) is 0 Å². The van der Waals surface area contributed by atoms with Crippen molar-refractivity contribution in [2.75, 3.05) is 19.8 Å². The van der Waals surface area contributed by atoms with Crippen molar-refractivity contribution in [1.29, 1.82) is 5.26 Å². The van der Waals surface area contributed by atoms with E-state index >= 15 is 0 Å². The van der Waals surface area contributed by atoms with Gasteiger partial charge in [-0.3, -0.25) is 4.79 Å². The minimum atomic E-state index is -0.00639. The van der Waals surface area contributed by atoms with E-state index in [1.807, 2.05) is 18.2 Å². The van der Waals surface area contributed by atoms with Crippen molar-refractivity contribution in [3.05, 3.63) is 29.8 Å². The van der Waals surface area contributed by atoms with Crippen molar-refractivity contribution in [2.45, 2.75) is 25.3 Å². The van der Waals surface area contributed by atoms with E-state index in [1.165, 1.54) is 0 Å². The smallest absolute Gasteiger partial charge is 0.227 e. The van der Waals surface area contributed by atoms with Crippen LogP contribution in [0.3, 0.4) is 0 Å². The van der Waals surface area contributed by atoms with Crippen LogP contribution < -0.4 is 4.74 Å². The molecule has 1 aliphatic carbocycles. The van der Waals surface area contributed by atoms with Crippen molar-refractivity contribution < 1.29 is 14.6 Å². The van der Waals surface area contributed by atoms with Crippen LogP contribution in [0.5, 0.6) is 5.75 Å². The summed E-state index contributed by atoms with van der Waals surface area (Å²) in [4.78, 5) is 14.0. The van der Waals surface area contributed by atoms with Crippen molar-refractivity contribution in [1.82, 2.24) is 4.90 Å². The zero-order valence-corrected chi connectivity index (χ0v) is 11.3. The summed E-state index contributed by atoms with van der Waals surface area (Å²) in [5.74, 6) is 0.621. The zero-order chi connectivity index (χ0) is 14.4. The van der Waals surface area contributed by atoms with Gasteiger partial charge >= 0.3 is 0 Å². The molecule has 1 aromatic rings. The number of ether oxygens (including phenoxy) is 1. The first kappa shape index (κ1) is 14.4. The number of benzene rings is 1. The lowest BCUT2D eigenvalue weighted by atomic mass is 10.1. The van der Waals surface area contributed by atoms with E-state index in [0.717, 1.165) is 18.4 Å². The lowest BCUT2D eigenvalue weighted by Gasteiger charge is -2.21. The van der Waals surface area contributed by atoms with E-state index in [9.17, 15) is 4.79 Å². The van der Waals surface area contributed by atoms with Gasteiger partial charge in [-0.05, 0) is 30.5 Å². The van der Waals surface area contributed by atoms with E-state index < -0.39 is 0 Å². The Morgan fingerprint density at radius 2 is 2.30 bits per heavy atom. The lowest BCUT2D eigenvalue weighted by molar-refractivity contribution is -0.131. The fourth-order valence-corrected chi connectivity index (χ4v) is 2.14. The Morgan fingerprint density at radius 3 is 2.95 bits per heavy atom. The highest BCUT2D eigenvalue weighted by Gasteiger charge is 2.31.